The van der Waals surface area contributed by atoms with Crippen LogP contribution in [-0.2, 0) is 17.8 Å². The third-order valence-electron chi connectivity index (χ3n) is 5.76. The summed E-state index contributed by atoms with van der Waals surface area (Å²) in [6.45, 7) is 3.78. The normalized spacial score (nSPS) is 20.7. The van der Waals surface area contributed by atoms with Crippen molar-refractivity contribution in [1.82, 2.24) is 9.88 Å². The van der Waals surface area contributed by atoms with E-state index in [9.17, 15) is 23.9 Å². The van der Waals surface area contributed by atoms with Gasteiger partial charge in [0.05, 0.1) is 18.1 Å². The minimum absolute atomic E-state index is 0.116. The van der Waals surface area contributed by atoms with E-state index in [0.717, 1.165) is 6.42 Å². The number of rotatable bonds is 6. The second-order valence-corrected chi connectivity index (χ2v) is 7.72. The Hall–Kier alpha value is -3.00. The molecule has 3 rings (SSSR count). The average Bonchev–Trinajstić information content (AvgIpc) is 2.72. The Bertz CT molecular complexity index is 1050. The number of hydrogen-bond acceptors (Lipinski definition) is 5. The van der Waals surface area contributed by atoms with Crippen LogP contribution in [0.2, 0.25) is 0 Å². The van der Waals surface area contributed by atoms with Crippen LogP contribution < -0.4 is 10.7 Å². The fourth-order valence-corrected chi connectivity index (χ4v) is 4.03. The predicted octanol–water partition coefficient (Wildman–Crippen LogP) is 2.64. The van der Waals surface area contributed by atoms with E-state index in [4.69, 9.17) is 4.74 Å². The number of ether oxygens (including phenoxy) is 1. The molecule has 0 saturated heterocycles. The monoisotopic (exact) mass is 416 g/mol. The first kappa shape index (κ1) is 21.7. The topological polar surface area (TPSA) is 97.6 Å². The van der Waals surface area contributed by atoms with Crippen LogP contribution in [0.25, 0.3) is 0 Å². The highest BCUT2D eigenvalue weighted by Gasteiger charge is 2.47. The largest absolute Gasteiger partial charge is 0.503 e. The van der Waals surface area contributed by atoms with Crippen LogP contribution in [0.15, 0.2) is 35.3 Å². The van der Waals surface area contributed by atoms with Gasteiger partial charge >= 0.3 is 0 Å². The lowest BCUT2D eigenvalue weighted by Crippen LogP contribution is -2.49. The molecule has 0 bridgehead atoms. The summed E-state index contributed by atoms with van der Waals surface area (Å²) < 4.78 is 20.7. The SMILES string of the molecule is CCC[C@@]1(C)C(=O)c2c(O)c(=O)c(C(=O)NCc3ccccc3F)cn2C[C@@H]1OC. The molecule has 0 unspecified atom stereocenters. The molecule has 30 heavy (non-hydrogen) atoms. The standard InChI is InChI=1S/C22H25FN2O5/c1-4-9-22(2)16(30-3)12-25-11-14(18(26)19(27)17(25)20(22)28)21(29)24-10-13-7-5-6-8-15(13)23/h5-8,11,16,27H,4,9-10,12H2,1-3H3,(H,24,29)/t16-,22+/m0/s1. The lowest BCUT2D eigenvalue weighted by molar-refractivity contribution is -0.0184. The number of hydrogen-bond donors (Lipinski definition) is 2. The highest BCUT2D eigenvalue weighted by molar-refractivity contribution is 6.03. The lowest BCUT2D eigenvalue weighted by Gasteiger charge is -2.40. The minimum atomic E-state index is -0.935. The molecule has 2 aromatic rings. The van der Waals surface area contributed by atoms with Crippen LogP contribution in [0.4, 0.5) is 4.39 Å². The molecule has 7 nitrogen and oxygen atoms in total. The van der Waals surface area contributed by atoms with Crippen molar-refractivity contribution in [3.8, 4) is 5.75 Å². The Balaban J connectivity index is 1.96. The third-order valence-corrected chi connectivity index (χ3v) is 5.76. The van der Waals surface area contributed by atoms with Crippen LogP contribution in [0.3, 0.4) is 0 Å². The lowest BCUT2D eigenvalue weighted by atomic mass is 9.72. The van der Waals surface area contributed by atoms with E-state index in [1.54, 1.807) is 13.0 Å². The number of methoxy groups -OCH3 is 1. The second-order valence-electron chi connectivity index (χ2n) is 7.72. The van der Waals surface area contributed by atoms with Crippen LogP contribution in [0.1, 0.15) is 53.1 Å². The molecule has 1 aliphatic rings. The summed E-state index contributed by atoms with van der Waals surface area (Å²) in [6, 6.07) is 5.95. The number of fused-ring (bicyclic) bond motifs is 1. The van der Waals surface area contributed by atoms with E-state index in [0.29, 0.717) is 6.42 Å². The van der Waals surface area contributed by atoms with Gasteiger partial charge in [0.25, 0.3) is 5.91 Å². The smallest absolute Gasteiger partial charge is 0.257 e. The van der Waals surface area contributed by atoms with Crippen molar-refractivity contribution in [2.24, 2.45) is 5.41 Å². The summed E-state index contributed by atoms with van der Waals surface area (Å²) in [6.07, 6.45) is 2.03. The molecule has 1 aliphatic heterocycles. The van der Waals surface area contributed by atoms with Gasteiger partial charge < -0.3 is 19.7 Å². The Morgan fingerprint density at radius 2 is 2.07 bits per heavy atom. The number of aromatic nitrogens is 1. The van der Waals surface area contributed by atoms with E-state index >= 15 is 0 Å². The molecule has 0 fully saturated rings. The number of nitrogens with zero attached hydrogens (tertiary/aromatic N) is 1. The van der Waals surface area contributed by atoms with Crippen molar-refractivity contribution in [2.45, 2.75) is 45.9 Å². The molecular formula is C22H25FN2O5. The summed E-state index contributed by atoms with van der Waals surface area (Å²) in [4.78, 5) is 38.4. The molecule has 0 aliphatic carbocycles. The van der Waals surface area contributed by atoms with Gasteiger partial charge in [-0.1, -0.05) is 31.5 Å². The minimum Gasteiger partial charge on any atom is -0.503 e. The number of ketones is 1. The van der Waals surface area contributed by atoms with Gasteiger partial charge in [-0.15, -0.1) is 0 Å². The van der Waals surface area contributed by atoms with Gasteiger partial charge in [0, 0.05) is 25.4 Å². The summed E-state index contributed by atoms with van der Waals surface area (Å²) in [5, 5.41) is 13.0. The molecule has 2 heterocycles. The maximum atomic E-state index is 13.8. The maximum absolute atomic E-state index is 13.8. The zero-order chi connectivity index (χ0) is 22.1. The van der Waals surface area contributed by atoms with Crippen molar-refractivity contribution in [3.05, 3.63) is 63.3 Å². The van der Waals surface area contributed by atoms with Gasteiger partial charge in [-0.3, -0.25) is 14.4 Å². The zero-order valence-electron chi connectivity index (χ0n) is 17.2. The number of carbonyl (C=O) groups is 2. The number of nitrogens with one attached hydrogen (secondary N) is 1. The maximum Gasteiger partial charge on any atom is 0.257 e. The summed E-state index contributed by atoms with van der Waals surface area (Å²) >= 11 is 0. The molecule has 1 aromatic heterocycles. The van der Waals surface area contributed by atoms with E-state index in [-0.39, 0.29) is 29.9 Å². The number of aromatic hydroxyl groups is 1. The molecule has 0 spiro atoms. The van der Waals surface area contributed by atoms with Crippen molar-refractivity contribution < 1.29 is 23.8 Å². The van der Waals surface area contributed by atoms with Crippen LogP contribution in [0.5, 0.6) is 5.75 Å². The fourth-order valence-electron chi connectivity index (χ4n) is 4.03. The van der Waals surface area contributed by atoms with Gasteiger partial charge in [-0.2, -0.15) is 0 Å². The molecule has 1 amide bonds. The van der Waals surface area contributed by atoms with Gasteiger partial charge in [0.15, 0.2) is 11.5 Å². The third kappa shape index (κ3) is 3.63. The fraction of sp³-hybridized carbons (Fsp3) is 0.409. The quantitative estimate of drug-likeness (QED) is 0.755. The first-order valence-electron chi connectivity index (χ1n) is 9.80. The molecule has 0 saturated carbocycles. The predicted molar refractivity (Wildman–Crippen MR) is 108 cm³/mol. The van der Waals surface area contributed by atoms with Crippen LogP contribution in [0, 0.1) is 11.2 Å². The zero-order valence-corrected chi connectivity index (χ0v) is 17.2. The Morgan fingerprint density at radius 3 is 2.70 bits per heavy atom. The number of benzene rings is 1. The molecule has 0 radical (unpaired) electrons. The first-order valence-corrected chi connectivity index (χ1v) is 9.80. The van der Waals surface area contributed by atoms with E-state index in [2.05, 4.69) is 5.32 Å². The van der Waals surface area contributed by atoms with Crippen molar-refractivity contribution in [3.63, 3.8) is 0 Å². The average molecular weight is 416 g/mol. The van der Waals surface area contributed by atoms with Crippen molar-refractivity contribution in [1.29, 1.82) is 0 Å². The molecule has 8 heteroatoms. The van der Waals surface area contributed by atoms with Gasteiger partial charge in [-0.25, -0.2) is 4.39 Å². The van der Waals surface area contributed by atoms with E-state index in [1.807, 2.05) is 6.92 Å². The Kier molecular flexibility index (Phi) is 6.07. The van der Waals surface area contributed by atoms with Gasteiger partial charge in [-0.05, 0) is 19.4 Å². The number of Topliss-reactive ketones (excluding diaryl/α,β-unsaturated/α-hetero) is 1. The Morgan fingerprint density at radius 1 is 1.37 bits per heavy atom. The molecule has 2 N–H and O–H groups in total. The van der Waals surface area contributed by atoms with Crippen LogP contribution in [-0.4, -0.2) is 34.6 Å². The number of amides is 1. The van der Waals surface area contributed by atoms with E-state index < -0.39 is 40.2 Å². The summed E-state index contributed by atoms with van der Waals surface area (Å²) in [5.74, 6) is -2.39. The highest BCUT2D eigenvalue weighted by Crippen LogP contribution is 2.39. The molecule has 2 atom stereocenters. The number of carbonyl (C=O) groups excluding carboxylic acids is 2. The van der Waals surface area contributed by atoms with Gasteiger partial charge in [0.1, 0.15) is 17.1 Å². The van der Waals surface area contributed by atoms with Crippen molar-refractivity contribution in [2.75, 3.05) is 7.11 Å². The molecular weight excluding hydrogens is 391 g/mol. The number of pyridine rings is 1. The molecule has 160 valence electrons. The van der Waals surface area contributed by atoms with Crippen molar-refractivity contribution >= 4 is 11.7 Å². The van der Waals surface area contributed by atoms with Crippen LogP contribution >= 0.6 is 0 Å². The number of halogens is 1. The summed E-state index contributed by atoms with van der Waals surface area (Å²) in [7, 11) is 1.50. The van der Waals surface area contributed by atoms with Gasteiger partial charge in [0.2, 0.25) is 5.43 Å². The summed E-state index contributed by atoms with van der Waals surface area (Å²) in [5.41, 5.74) is -2.00. The van der Waals surface area contributed by atoms with E-state index in [1.165, 1.54) is 36.1 Å². The molecule has 1 aromatic carbocycles. The Labute approximate surface area is 173 Å². The highest BCUT2D eigenvalue weighted by atomic mass is 19.1. The first-order chi connectivity index (χ1) is 14.2. The second kappa shape index (κ2) is 8.39.